The summed E-state index contributed by atoms with van der Waals surface area (Å²) in [6.07, 6.45) is 4.51. The first-order chi connectivity index (χ1) is 5.09. The van der Waals surface area contributed by atoms with Gasteiger partial charge in [0.2, 0.25) is 0 Å². The van der Waals surface area contributed by atoms with Gasteiger partial charge in [0.1, 0.15) is 5.76 Å². The van der Waals surface area contributed by atoms with Gasteiger partial charge in [-0.05, 0) is 26.9 Å². The monoisotopic (exact) mass is 155 g/mol. The first kappa shape index (κ1) is 8.60. The highest BCUT2D eigenvalue weighted by Gasteiger charge is 2.38. The van der Waals surface area contributed by atoms with Crippen LogP contribution in [-0.2, 0) is 0 Å². The molecule has 0 heterocycles. The first-order valence-electron chi connectivity index (χ1n) is 4.15. The largest absolute Gasteiger partial charge is 0.511 e. The van der Waals surface area contributed by atoms with E-state index in [0.717, 1.165) is 12.8 Å². The van der Waals surface area contributed by atoms with E-state index in [-0.39, 0.29) is 5.54 Å². The summed E-state index contributed by atoms with van der Waals surface area (Å²) >= 11 is 0. The maximum atomic E-state index is 9.44. The van der Waals surface area contributed by atoms with Gasteiger partial charge in [0, 0.05) is 0 Å². The summed E-state index contributed by atoms with van der Waals surface area (Å²) in [6, 6.07) is 0. The summed E-state index contributed by atoms with van der Waals surface area (Å²) in [7, 11) is 4.01. The zero-order chi connectivity index (χ0) is 8.48. The number of aliphatic hydroxyl groups is 1. The van der Waals surface area contributed by atoms with Crippen LogP contribution in [0, 0.1) is 0 Å². The van der Waals surface area contributed by atoms with Crippen LogP contribution in [0.5, 0.6) is 0 Å². The number of hydrogen-bond donors (Lipinski definition) is 1. The molecule has 2 nitrogen and oxygen atoms in total. The van der Waals surface area contributed by atoms with Crippen LogP contribution in [0.1, 0.15) is 25.7 Å². The maximum absolute atomic E-state index is 9.44. The van der Waals surface area contributed by atoms with E-state index in [4.69, 9.17) is 0 Å². The highest BCUT2D eigenvalue weighted by Crippen LogP contribution is 2.37. The fourth-order valence-electron chi connectivity index (χ4n) is 1.95. The lowest BCUT2D eigenvalue weighted by Gasteiger charge is -2.34. The van der Waals surface area contributed by atoms with Gasteiger partial charge in [0.25, 0.3) is 0 Å². The summed E-state index contributed by atoms with van der Waals surface area (Å²) in [5.41, 5.74) is -0.111. The lowest BCUT2D eigenvalue weighted by molar-refractivity contribution is 0.137. The van der Waals surface area contributed by atoms with E-state index >= 15 is 0 Å². The second-order valence-corrected chi connectivity index (χ2v) is 3.58. The summed E-state index contributed by atoms with van der Waals surface area (Å²) in [5.74, 6) is 0.333. The van der Waals surface area contributed by atoms with E-state index in [0.29, 0.717) is 5.76 Å². The van der Waals surface area contributed by atoms with Crippen LogP contribution < -0.4 is 0 Å². The van der Waals surface area contributed by atoms with E-state index in [1.54, 1.807) is 0 Å². The Labute approximate surface area is 68.5 Å². The minimum atomic E-state index is -0.111. The van der Waals surface area contributed by atoms with Crippen LogP contribution >= 0.6 is 0 Å². The van der Waals surface area contributed by atoms with Gasteiger partial charge < -0.3 is 5.11 Å². The average molecular weight is 155 g/mol. The molecule has 1 rings (SSSR count). The summed E-state index contributed by atoms with van der Waals surface area (Å²) in [5, 5.41) is 9.44. The van der Waals surface area contributed by atoms with Gasteiger partial charge in [-0.15, -0.1) is 0 Å². The molecular formula is C9H17NO. The van der Waals surface area contributed by atoms with Crippen molar-refractivity contribution in [3.05, 3.63) is 12.3 Å². The summed E-state index contributed by atoms with van der Waals surface area (Å²) < 4.78 is 0. The molecule has 0 spiro atoms. The van der Waals surface area contributed by atoms with E-state index in [1.807, 2.05) is 14.1 Å². The maximum Gasteiger partial charge on any atom is 0.105 e. The molecule has 0 saturated heterocycles. The normalized spacial score (nSPS) is 22.5. The van der Waals surface area contributed by atoms with Gasteiger partial charge in [-0.25, -0.2) is 0 Å². The van der Waals surface area contributed by atoms with Crippen LogP contribution in [0.15, 0.2) is 12.3 Å². The Morgan fingerprint density at radius 3 is 2.00 bits per heavy atom. The average Bonchev–Trinajstić information content (AvgIpc) is 2.34. The quantitative estimate of drug-likeness (QED) is 0.616. The number of aliphatic hydroxyl groups excluding tert-OH is 1. The Bertz CT molecular complexity index is 157. The Morgan fingerprint density at radius 2 is 1.82 bits per heavy atom. The van der Waals surface area contributed by atoms with Gasteiger partial charge in [-0.2, -0.15) is 0 Å². The minimum Gasteiger partial charge on any atom is -0.511 e. The molecule has 11 heavy (non-hydrogen) atoms. The molecule has 0 unspecified atom stereocenters. The number of rotatable bonds is 2. The van der Waals surface area contributed by atoms with Gasteiger partial charge in [0.05, 0.1) is 5.54 Å². The molecule has 1 N–H and O–H groups in total. The Hall–Kier alpha value is -0.500. The molecule has 1 aliphatic carbocycles. The van der Waals surface area contributed by atoms with Gasteiger partial charge in [0.15, 0.2) is 0 Å². The molecule has 2 heteroatoms. The third kappa shape index (κ3) is 1.27. The molecule has 0 aromatic carbocycles. The summed E-state index contributed by atoms with van der Waals surface area (Å²) in [4.78, 5) is 2.09. The van der Waals surface area contributed by atoms with Crippen molar-refractivity contribution >= 4 is 0 Å². The molecule has 1 saturated carbocycles. The molecule has 1 fully saturated rings. The topological polar surface area (TPSA) is 23.5 Å². The van der Waals surface area contributed by atoms with Crippen LogP contribution in [0.25, 0.3) is 0 Å². The molecule has 1 aliphatic rings. The predicted octanol–water partition coefficient (Wildman–Crippen LogP) is 1.93. The lowest BCUT2D eigenvalue weighted by atomic mass is 9.94. The molecule has 0 atom stereocenters. The second-order valence-electron chi connectivity index (χ2n) is 3.58. The van der Waals surface area contributed by atoms with Crippen LogP contribution in [0.2, 0.25) is 0 Å². The van der Waals surface area contributed by atoms with E-state index in [2.05, 4.69) is 11.5 Å². The zero-order valence-electron chi connectivity index (χ0n) is 7.43. The minimum absolute atomic E-state index is 0.111. The fourth-order valence-corrected chi connectivity index (χ4v) is 1.95. The SMILES string of the molecule is C=C(O)C1(N(C)C)CCCC1. The lowest BCUT2D eigenvalue weighted by Crippen LogP contribution is -2.43. The van der Waals surface area contributed by atoms with Crippen molar-refractivity contribution in [3.63, 3.8) is 0 Å². The molecule has 64 valence electrons. The van der Waals surface area contributed by atoms with Crippen molar-refractivity contribution in [2.45, 2.75) is 31.2 Å². The zero-order valence-corrected chi connectivity index (χ0v) is 7.43. The highest BCUT2D eigenvalue weighted by molar-refractivity contribution is 5.11. The Balaban J connectivity index is 2.79. The molecule has 0 radical (unpaired) electrons. The molecule has 0 aliphatic heterocycles. The van der Waals surface area contributed by atoms with Crippen LogP contribution in [0.4, 0.5) is 0 Å². The fraction of sp³-hybridized carbons (Fsp3) is 0.778. The van der Waals surface area contributed by atoms with E-state index in [1.165, 1.54) is 12.8 Å². The number of likely N-dealkylation sites (N-methyl/N-ethyl adjacent to an activating group) is 1. The Morgan fingerprint density at radius 1 is 1.36 bits per heavy atom. The highest BCUT2D eigenvalue weighted by atomic mass is 16.3. The first-order valence-corrected chi connectivity index (χ1v) is 4.15. The van der Waals surface area contributed by atoms with Crippen LogP contribution in [-0.4, -0.2) is 29.6 Å². The van der Waals surface area contributed by atoms with Crippen molar-refractivity contribution in [1.82, 2.24) is 4.90 Å². The molecule has 0 amide bonds. The molecule has 0 aromatic heterocycles. The van der Waals surface area contributed by atoms with Crippen molar-refractivity contribution < 1.29 is 5.11 Å². The second kappa shape index (κ2) is 2.86. The molecule has 0 bridgehead atoms. The standard InChI is InChI=1S/C9H17NO/c1-8(11)9(10(2)3)6-4-5-7-9/h11H,1,4-7H2,2-3H3. The van der Waals surface area contributed by atoms with Crippen molar-refractivity contribution in [2.24, 2.45) is 0 Å². The Kier molecular flexibility index (Phi) is 2.23. The molecule has 0 aromatic rings. The van der Waals surface area contributed by atoms with Crippen molar-refractivity contribution in [3.8, 4) is 0 Å². The number of hydrogen-bond acceptors (Lipinski definition) is 2. The van der Waals surface area contributed by atoms with Crippen molar-refractivity contribution in [2.75, 3.05) is 14.1 Å². The van der Waals surface area contributed by atoms with Gasteiger partial charge in [-0.3, -0.25) is 4.90 Å². The number of nitrogens with zero attached hydrogens (tertiary/aromatic N) is 1. The van der Waals surface area contributed by atoms with Crippen molar-refractivity contribution in [1.29, 1.82) is 0 Å². The predicted molar refractivity (Wildman–Crippen MR) is 46.7 cm³/mol. The van der Waals surface area contributed by atoms with E-state index in [9.17, 15) is 5.11 Å². The molecular weight excluding hydrogens is 138 g/mol. The van der Waals surface area contributed by atoms with Gasteiger partial charge in [-0.1, -0.05) is 19.4 Å². The summed E-state index contributed by atoms with van der Waals surface area (Å²) in [6.45, 7) is 3.64. The third-order valence-electron chi connectivity index (χ3n) is 2.82. The third-order valence-corrected chi connectivity index (χ3v) is 2.82. The van der Waals surface area contributed by atoms with E-state index < -0.39 is 0 Å². The smallest absolute Gasteiger partial charge is 0.105 e. The van der Waals surface area contributed by atoms with Crippen LogP contribution in [0.3, 0.4) is 0 Å². The van der Waals surface area contributed by atoms with Gasteiger partial charge >= 0.3 is 0 Å².